The van der Waals surface area contributed by atoms with Crippen molar-refractivity contribution in [2.24, 2.45) is 5.92 Å². The lowest BCUT2D eigenvalue weighted by Gasteiger charge is -2.44. The molecule has 0 radical (unpaired) electrons. The first-order valence-electron chi connectivity index (χ1n) is 8.07. The van der Waals surface area contributed by atoms with E-state index >= 15 is 0 Å². The maximum atomic E-state index is 12.6. The number of aliphatic hydroxyl groups is 1. The molecule has 1 aromatic rings. The Balaban J connectivity index is 1.63. The highest BCUT2D eigenvalue weighted by atomic mass is 16.3. The summed E-state index contributed by atoms with van der Waals surface area (Å²) in [4.78, 5) is 14.7. The van der Waals surface area contributed by atoms with Gasteiger partial charge in [-0.05, 0) is 31.6 Å². The van der Waals surface area contributed by atoms with Crippen LogP contribution in [0.2, 0.25) is 0 Å². The van der Waals surface area contributed by atoms with E-state index in [4.69, 9.17) is 5.11 Å². The molecule has 6 nitrogen and oxygen atoms in total. The lowest BCUT2D eigenvalue weighted by molar-refractivity contribution is -0.138. The van der Waals surface area contributed by atoms with Gasteiger partial charge in [-0.25, -0.2) is 4.68 Å². The van der Waals surface area contributed by atoms with Crippen LogP contribution in [0, 0.1) is 5.92 Å². The van der Waals surface area contributed by atoms with Gasteiger partial charge in [0.2, 0.25) is 5.91 Å². The normalized spacial score (nSPS) is 25.7. The number of nitrogens with zero attached hydrogens (tertiary/aromatic N) is 4. The van der Waals surface area contributed by atoms with E-state index < -0.39 is 0 Å². The Morgan fingerprint density at radius 3 is 2.95 bits per heavy atom. The molecule has 1 aromatic heterocycles. The van der Waals surface area contributed by atoms with Crippen LogP contribution < -0.4 is 0 Å². The Kier molecular flexibility index (Phi) is 4.53. The van der Waals surface area contributed by atoms with E-state index in [9.17, 15) is 4.79 Å². The zero-order valence-corrected chi connectivity index (χ0v) is 12.4. The van der Waals surface area contributed by atoms with Crippen molar-refractivity contribution >= 4 is 5.91 Å². The highest BCUT2D eigenvalue weighted by Crippen LogP contribution is 2.35. The van der Waals surface area contributed by atoms with Gasteiger partial charge in [0.1, 0.15) is 6.54 Å². The molecule has 116 valence electrons. The summed E-state index contributed by atoms with van der Waals surface area (Å²) in [5.74, 6) is 0.865. The Labute approximate surface area is 125 Å². The van der Waals surface area contributed by atoms with Crippen molar-refractivity contribution < 1.29 is 9.90 Å². The number of aromatic nitrogens is 3. The SMILES string of the molecule is O=C(Cn1cc(CCO)nn1)N1CCCC2CCCCC21. The quantitative estimate of drug-likeness (QED) is 0.898. The van der Waals surface area contributed by atoms with Gasteiger partial charge < -0.3 is 10.0 Å². The summed E-state index contributed by atoms with van der Waals surface area (Å²) in [6.07, 6.45) is 9.64. The smallest absolute Gasteiger partial charge is 0.244 e. The molecule has 0 spiro atoms. The van der Waals surface area contributed by atoms with Gasteiger partial charge in [0.05, 0.1) is 5.69 Å². The number of hydrogen-bond acceptors (Lipinski definition) is 4. The van der Waals surface area contributed by atoms with Gasteiger partial charge in [-0.1, -0.05) is 18.1 Å². The molecule has 21 heavy (non-hydrogen) atoms. The number of piperidine rings is 1. The maximum Gasteiger partial charge on any atom is 0.244 e. The molecule has 0 bridgehead atoms. The highest BCUT2D eigenvalue weighted by Gasteiger charge is 2.35. The molecule has 6 heteroatoms. The van der Waals surface area contributed by atoms with E-state index in [1.165, 1.54) is 25.7 Å². The Bertz CT molecular complexity index is 486. The first kappa shape index (κ1) is 14.5. The van der Waals surface area contributed by atoms with E-state index in [0.29, 0.717) is 18.4 Å². The molecule has 2 atom stereocenters. The average molecular weight is 292 g/mol. The van der Waals surface area contributed by atoms with Crippen LogP contribution in [0.25, 0.3) is 0 Å². The predicted octanol–water partition coefficient (Wildman–Crippen LogP) is 0.994. The molecule has 1 aliphatic heterocycles. The van der Waals surface area contributed by atoms with E-state index in [1.807, 2.05) is 0 Å². The minimum absolute atomic E-state index is 0.0581. The standard InChI is InChI=1S/C15H24N4O2/c20-9-7-13-10-18(17-16-13)11-15(21)19-8-3-5-12-4-1-2-6-14(12)19/h10,12,14,20H,1-9,11H2. The topological polar surface area (TPSA) is 71.2 Å². The van der Waals surface area contributed by atoms with E-state index in [2.05, 4.69) is 15.2 Å². The second kappa shape index (κ2) is 6.56. The van der Waals surface area contributed by atoms with Crippen LogP contribution in [0.15, 0.2) is 6.20 Å². The van der Waals surface area contributed by atoms with Crippen molar-refractivity contribution in [2.75, 3.05) is 13.2 Å². The number of carbonyl (C=O) groups is 1. The van der Waals surface area contributed by atoms with Crippen LogP contribution in [-0.2, 0) is 17.8 Å². The molecule has 2 aliphatic rings. The molecule has 2 fully saturated rings. The Hall–Kier alpha value is -1.43. The number of hydrogen-bond donors (Lipinski definition) is 1. The summed E-state index contributed by atoms with van der Waals surface area (Å²) < 4.78 is 1.60. The fraction of sp³-hybridized carbons (Fsp3) is 0.800. The van der Waals surface area contributed by atoms with Gasteiger partial charge in [0.25, 0.3) is 0 Å². The minimum atomic E-state index is 0.0581. The molecule has 1 aliphatic carbocycles. The number of aliphatic hydroxyl groups excluding tert-OH is 1. The third-order valence-corrected chi connectivity index (χ3v) is 4.81. The van der Waals surface area contributed by atoms with Crippen molar-refractivity contribution in [1.82, 2.24) is 19.9 Å². The first-order chi connectivity index (χ1) is 10.3. The number of rotatable bonds is 4. The number of fused-ring (bicyclic) bond motifs is 1. The lowest BCUT2D eigenvalue weighted by Crippen LogP contribution is -2.50. The summed E-state index contributed by atoms with van der Waals surface area (Å²) in [5, 5.41) is 16.8. The highest BCUT2D eigenvalue weighted by molar-refractivity contribution is 5.76. The number of amides is 1. The third-order valence-electron chi connectivity index (χ3n) is 4.81. The molecule has 2 heterocycles. The zero-order chi connectivity index (χ0) is 14.7. The van der Waals surface area contributed by atoms with Crippen molar-refractivity contribution in [3.8, 4) is 0 Å². The van der Waals surface area contributed by atoms with Crippen LogP contribution in [0.3, 0.4) is 0 Å². The van der Waals surface area contributed by atoms with Crippen molar-refractivity contribution in [3.05, 3.63) is 11.9 Å². The van der Waals surface area contributed by atoms with E-state index in [-0.39, 0.29) is 19.1 Å². The second-order valence-corrected chi connectivity index (χ2v) is 6.22. The second-order valence-electron chi connectivity index (χ2n) is 6.22. The maximum absolute atomic E-state index is 12.6. The Morgan fingerprint density at radius 2 is 2.10 bits per heavy atom. The molecule has 3 rings (SSSR count). The molecule has 1 saturated carbocycles. The summed E-state index contributed by atoms with van der Waals surface area (Å²) >= 11 is 0. The summed E-state index contributed by atoms with van der Waals surface area (Å²) in [6.45, 7) is 1.21. The number of likely N-dealkylation sites (tertiary alicyclic amines) is 1. The number of carbonyl (C=O) groups excluding carboxylic acids is 1. The average Bonchev–Trinajstić information content (AvgIpc) is 2.94. The van der Waals surface area contributed by atoms with Gasteiger partial charge in [0.15, 0.2) is 0 Å². The molecule has 0 aromatic carbocycles. The fourth-order valence-corrected chi connectivity index (χ4v) is 3.81. The van der Waals surface area contributed by atoms with Crippen LogP contribution in [-0.4, -0.2) is 50.1 Å². The molecule has 1 amide bonds. The third kappa shape index (κ3) is 3.26. The summed E-state index contributed by atoms with van der Waals surface area (Å²) in [6, 6.07) is 0.445. The fourth-order valence-electron chi connectivity index (χ4n) is 3.81. The van der Waals surface area contributed by atoms with Crippen molar-refractivity contribution in [1.29, 1.82) is 0 Å². The molecule has 1 saturated heterocycles. The van der Waals surface area contributed by atoms with Crippen LogP contribution in [0.4, 0.5) is 0 Å². The van der Waals surface area contributed by atoms with Gasteiger partial charge >= 0.3 is 0 Å². The minimum Gasteiger partial charge on any atom is -0.396 e. The van der Waals surface area contributed by atoms with Gasteiger partial charge in [-0.2, -0.15) is 0 Å². The first-order valence-corrected chi connectivity index (χ1v) is 8.07. The van der Waals surface area contributed by atoms with Crippen LogP contribution >= 0.6 is 0 Å². The van der Waals surface area contributed by atoms with Crippen molar-refractivity contribution in [2.45, 2.75) is 57.5 Å². The lowest BCUT2D eigenvalue weighted by atomic mass is 9.78. The van der Waals surface area contributed by atoms with Crippen LogP contribution in [0.1, 0.15) is 44.2 Å². The van der Waals surface area contributed by atoms with Gasteiger partial charge in [0, 0.05) is 31.8 Å². The zero-order valence-electron chi connectivity index (χ0n) is 12.4. The molecular weight excluding hydrogens is 268 g/mol. The Morgan fingerprint density at radius 1 is 1.29 bits per heavy atom. The van der Waals surface area contributed by atoms with Gasteiger partial charge in [-0.15, -0.1) is 5.10 Å². The largest absolute Gasteiger partial charge is 0.396 e. The molecular formula is C15H24N4O2. The molecule has 2 unspecified atom stereocenters. The van der Waals surface area contributed by atoms with E-state index in [0.717, 1.165) is 25.1 Å². The van der Waals surface area contributed by atoms with Crippen LogP contribution in [0.5, 0.6) is 0 Å². The summed E-state index contributed by atoms with van der Waals surface area (Å²) in [7, 11) is 0. The predicted molar refractivity (Wildman–Crippen MR) is 77.5 cm³/mol. The monoisotopic (exact) mass is 292 g/mol. The van der Waals surface area contributed by atoms with E-state index in [1.54, 1.807) is 10.9 Å². The molecule has 1 N–H and O–H groups in total. The van der Waals surface area contributed by atoms with Gasteiger partial charge in [-0.3, -0.25) is 4.79 Å². The summed E-state index contributed by atoms with van der Waals surface area (Å²) in [5.41, 5.74) is 0.736. The van der Waals surface area contributed by atoms with Crippen molar-refractivity contribution in [3.63, 3.8) is 0 Å².